The molecule has 0 aliphatic heterocycles. The van der Waals surface area contributed by atoms with E-state index in [2.05, 4.69) is 31.7 Å². The number of benzene rings is 1. The summed E-state index contributed by atoms with van der Waals surface area (Å²) in [5, 5.41) is 0. The maximum absolute atomic E-state index is 3.60. The lowest BCUT2D eigenvalue weighted by Crippen LogP contribution is -1.75. The Hall–Kier alpha value is -0.690. The summed E-state index contributed by atoms with van der Waals surface area (Å²) in [5.74, 6) is 1.11. The minimum atomic E-state index is 1.07. The highest BCUT2D eigenvalue weighted by molar-refractivity contribution is 7.99. The molecule has 0 aromatic heterocycles. The predicted octanol–water partition coefficient (Wildman–Crippen LogP) is 3.14. The van der Waals surface area contributed by atoms with Gasteiger partial charge in [-0.2, -0.15) is 0 Å². The topological polar surface area (TPSA) is 0 Å². The van der Waals surface area contributed by atoms with Crippen molar-refractivity contribution in [2.24, 2.45) is 0 Å². The van der Waals surface area contributed by atoms with Crippen LogP contribution < -0.4 is 0 Å². The summed E-state index contributed by atoms with van der Waals surface area (Å²) in [4.78, 5) is 1.29. The first-order chi connectivity index (χ1) is 5.36. The molecule has 0 saturated carbocycles. The maximum atomic E-state index is 3.60. The van der Waals surface area contributed by atoms with E-state index in [1.807, 2.05) is 23.9 Å². The molecule has 11 heavy (non-hydrogen) atoms. The van der Waals surface area contributed by atoms with Crippen LogP contribution in [0.3, 0.4) is 0 Å². The van der Waals surface area contributed by atoms with Crippen molar-refractivity contribution in [1.82, 2.24) is 0 Å². The Kier molecular flexibility index (Phi) is 3.24. The lowest BCUT2D eigenvalue weighted by Gasteiger charge is -1.98. The van der Waals surface area contributed by atoms with Crippen LogP contribution in [0, 0.1) is 6.08 Å². The first kappa shape index (κ1) is 8.41. The lowest BCUT2D eigenvalue weighted by molar-refractivity contribution is 1.39. The van der Waals surface area contributed by atoms with Crippen molar-refractivity contribution in [3.63, 3.8) is 0 Å². The Bertz CT molecular complexity index is 240. The second-order valence-electron chi connectivity index (χ2n) is 2.14. The largest absolute Gasteiger partial charge is 0.126 e. The SMILES string of the molecule is C=[C]c1cccc(SCC)c1. The van der Waals surface area contributed by atoms with E-state index in [0.29, 0.717) is 0 Å². The second-order valence-corrected chi connectivity index (χ2v) is 3.48. The number of hydrogen-bond donors (Lipinski definition) is 0. The zero-order chi connectivity index (χ0) is 8.10. The molecule has 0 aliphatic rings. The third-order valence-corrected chi connectivity index (χ3v) is 2.23. The molecule has 0 nitrogen and oxygen atoms in total. The van der Waals surface area contributed by atoms with E-state index in [-0.39, 0.29) is 0 Å². The molecule has 0 saturated heterocycles. The fourth-order valence-electron chi connectivity index (χ4n) is 0.863. The summed E-state index contributed by atoms with van der Waals surface area (Å²) in [5.41, 5.74) is 1.07. The van der Waals surface area contributed by atoms with Crippen molar-refractivity contribution in [2.75, 3.05) is 5.75 Å². The third kappa shape index (κ3) is 2.43. The van der Waals surface area contributed by atoms with Crippen LogP contribution in [0.25, 0.3) is 0 Å². The van der Waals surface area contributed by atoms with Gasteiger partial charge in [-0.15, -0.1) is 11.8 Å². The molecule has 0 spiro atoms. The molecular weight excluding hydrogens is 152 g/mol. The summed E-state index contributed by atoms with van der Waals surface area (Å²) in [6.45, 7) is 5.75. The summed E-state index contributed by atoms with van der Waals surface area (Å²) in [6.07, 6.45) is 2.86. The van der Waals surface area contributed by atoms with Crippen LogP contribution in [0.2, 0.25) is 0 Å². The van der Waals surface area contributed by atoms with Crippen LogP contribution in [-0.4, -0.2) is 5.75 Å². The fourth-order valence-corrected chi connectivity index (χ4v) is 1.58. The van der Waals surface area contributed by atoms with E-state index in [1.165, 1.54) is 4.90 Å². The monoisotopic (exact) mass is 163 g/mol. The van der Waals surface area contributed by atoms with Gasteiger partial charge in [0.25, 0.3) is 0 Å². The molecular formula is C10H11S. The first-order valence-electron chi connectivity index (χ1n) is 3.62. The van der Waals surface area contributed by atoms with E-state index in [0.717, 1.165) is 11.3 Å². The first-order valence-corrected chi connectivity index (χ1v) is 4.61. The Balaban J connectivity index is 2.82. The van der Waals surface area contributed by atoms with Gasteiger partial charge in [0, 0.05) is 4.90 Å². The molecule has 0 aliphatic carbocycles. The van der Waals surface area contributed by atoms with Gasteiger partial charge in [-0.3, -0.25) is 0 Å². The van der Waals surface area contributed by atoms with Crippen LogP contribution in [0.15, 0.2) is 35.7 Å². The van der Waals surface area contributed by atoms with Crippen LogP contribution in [-0.2, 0) is 0 Å². The van der Waals surface area contributed by atoms with Gasteiger partial charge in [0.05, 0.1) is 0 Å². The van der Waals surface area contributed by atoms with E-state index in [9.17, 15) is 0 Å². The molecule has 57 valence electrons. The van der Waals surface area contributed by atoms with E-state index in [1.54, 1.807) is 0 Å². The molecule has 0 N–H and O–H groups in total. The molecule has 1 aromatic rings. The molecule has 0 heterocycles. The van der Waals surface area contributed by atoms with Crippen LogP contribution in [0.1, 0.15) is 12.5 Å². The highest BCUT2D eigenvalue weighted by Crippen LogP contribution is 2.18. The van der Waals surface area contributed by atoms with Gasteiger partial charge in [0.1, 0.15) is 0 Å². The molecule has 1 radical (unpaired) electrons. The van der Waals surface area contributed by atoms with Gasteiger partial charge < -0.3 is 0 Å². The Morgan fingerprint density at radius 1 is 1.55 bits per heavy atom. The number of rotatable bonds is 3. The average Bonchev–Trinajstić information content (AvgIpc) is 2.06. The van der Waals surface area contributed by atoms with Crippen molar-refractivity contribution in [3.8, 4) is 0 Å². The number of thioether (sulfide) groups is 1. The van der Waals surface area contributed by atoms with Crippen LogP contribution in [0.4, 0.5) is 0 Å². The third-order valence-electron chi connectivity index (χ3n) is 1.35. The summed E-state index contributed by atoms with van der Waals surface area (Å²) in [7, 11) is 0. The van der Waals surface area contributed by atoms with Gasteiger partial charge in [0.2, 0.25) is 0 Å². The molecule has 0 atom stereocenters. The normalized spacial score (nSPS) is 9.55. The Labute approximate surface area is 72.3 Å². The van der Waals surface area contributed by atoms with Crippen molar-refractivity contribution in [3.05, 3.63) is 42.5 Å². The highest BCUT2D eigenvalue weighted by Gasteiger charge is 1.91. The Morgan fingerprint density at radius 3 is 3.00 bits per heavy atom. The van der Waals surface area contributed by atoms with Crippen LogP contribution in [0.5, 0.6) is 0 Å². The van der Waals surface area contributed by atoms with Gasteiger partial charge in [-0.25, -0.2) is 0 Å². The van der Waals surface area contributed by atoms with Gasteiger partial charge >= 0.3 is 0 Å². The molecule has 1 aromatic carbocycles. The zero-order valence-corrected chi connectivity index (χ0v) is 7.45. The number of hydrogen-bond acceptors (Lipinski definition) is 1. The second kappa shape index (κ2) is 4.24. The molecule has 0 amide bonds. The zero-order valence-electron chi connectivity index (χ0n) is 6.63. The average molecular weight is 163 g/mol. The molecule has 1 heteroatoms. The molecule has 0 unspecified atom stereocenters. The van der Waals surface area contributed by atoms with Gasteiger partial charge in [-0.05, 0) is 29.5 Å². The summed E-state index contributed by atoms with van der Waals surface area (Å²) >= 11 is 1.84. The van der Waals surface area contributed by atoms with E-state index >= 15 is 0 Å². The minimum Gasteiger partial charge on any atom is -0.126 e. The van der Waals surface area contributed by atoms with E-state index < -0.39 is 0 Å². The van der Waals surface area contributed by atoms with Crippen molar-refractivity contribution in [2.45, 2.75) is 11.8 Å². The molecule has 1 rings (SSSR count). The van der Waals surface area contributed by atoms with Crippen molar-refractivity contribution in [1.29, 1.82) is 0 Å². The van der Waals surface area contributed by atoms with Crippen molar-refractivity contribution < 1.29 is 0 Å². The van der Waals surface area contributed by atoms with E-state index in [4.69, 9.17) is 0 Å². The summed E-state index contributed by atoms with van der Waals surface area (Å²) < 4.78 is 0. The quantitative estimate of drug-likeness (QED) is 0.617. The lowest BCUT2D eigenvalue weighted by atomic mass is 10.2. The smallest absolute Gasteiger partial charge is 0.00780 e. The Morgan fingerprint density at radius 2 is 2.36 bits per heavy atom. The highest BCUT2D eigenvalue weighted by atomic mass is 32.2. The van der Waals surface area contributed by atoms with Gasteiger partial charge in [0.15, 0.2) is 0 Å². The van der Waals surface area contributed by atoms with Crippen LogP contribution >= 0.6 is 11.8 Å². The summed E-state index contributed by atoms with van der Waals surface area (Å²) in [6, 6.07) is 8.24. The fraction of sp³-hybridized carbons (Fsp3) is 0.200. The molecule has 0 bridgehead atoms. The molecule has 0 fully saturated rings. The van der Waals surface area contributed by atoms with Crippen molar-refractivity contribution >= 4 is 11.8 Å². The standard InChI is InChI=1S/C10H11S/c1-3-9-6-5-7-10(8-9)11-4-2/h5-8H,1,4H2,2H3. The predicted molar refractivity (Wildman–Crippen MR) is 50.8 cm³/mol. The maximum Gasteiger partial charge on any atom is 0.00780 e. The minimum absolute atomic E-state index is 1.07. The van der Waals surface area contributed by atoms with Gasteiger partial charge in [-0.1, -0.05) is 25.6 Å².